The van der Waals surface area contributed by atoms with Gasteiger partial charge in [-0.05, 0) is 49.4 Å². The predicted molar refractivity (Wildman–Crippen MR) is 77.4 cm³/mol. The van der Waals surface area contributed by atoms with Crippen molar-refractivity contribution in [2.24, 2.45) is 0 Å². The third-order valence-electron chi connectivity index (χ3n) is 3.45. The van der Waals surface area contributed by atoms with Gasteiger partial charge in [-0.15, -0.1) is 0 Å². The summed E-state index contributed by atoms with van der Waals surface area (Å²) in [4.78, 5) is 12.5. The van der Waals surface area contributed by atoms with Gasteiger partial charge in [-0.2, -0.15) is 8.78 Å². The zero-order chi connectivity index (χ0) is 16.6. The molecule has 23 heavy (non-hydrogen) atoms. The smallest absolute Gasteiger partial charge is 0.387 e. The van der Waals surface area contributed by atoms with Crippen LogP contribution in [0.1, 0.15) is 21.7 Å². The van der Waals surface area contributed by atoms with Gasteiger partial charge in [0.25, 0.3) is 0 Å². The Morgan fingerprint density at radius 1 is 1.13 bits per heavy atom. The van der Waals surface area contributed by atoms with Crippen LogP contribution in [0.4, 0.5) is 13.2 Å². The summed E-state index contributed by atoms with van der Waals surface area (Å²) < 4.78 is 47.3. The summed E-state index contributed by atoms with van der Waals surface area (Å²) in [5.41, 5.74) is 1.19. The molecule has 3 nitrogen and oxygen atoms in total. The van der Waals surface area contributed by atoms with Crippen LogP contribution < -0.4 is 4.74 Å². The van der Waals surface area contributed by atoms with Crippen LogP contribution in [0, 0.1) is 12.7 Å². The zero-order valence-electron chi connectivity index (χ0n) is 12.0. The number of alkyl halides is 2. The van der Waals surface area contributed by atoms with Gasteiger partial charge in [-0.3, -0.25) is 4.79 Å². The lowest BCUT2D eigenvalue weighted by Gasteiger charge is -2.04. The number of ketones is 1. The first-order valence-corrected chi connectivity index (χ1v) is 6.74. The van der Waals surface area contributed by atoms with E-state index in [1.165, 1.54) is 42.5 Å². The molecule has 0 spiro atoms. The molecule has 2 aromatic carbocycles. The van der Waals surface area contributed by atoms with E-state index >= 15 is 0 Å². The highest BCUT2D eigenvalue weighted by atomic mass is 19.3. The summed E-state index contributed by atoms with van der Waals surface area (Å²) in [5.74, 6) is -0.787. The Balaban J connectivity index is 1.95. The molecule has 0 amide bonds. The molecule has 0 atom stereocenters. The molecule has 3 rings (SSSR count). The van der Waals surface area contributed by atoms with Gasteiger partial charge in [0.2, 0.25) is 5.78 Å². The molecular formula is C17H11F3O3. The number of benzene rings is 2. The molecule has 0 saturated carbocycles. The van der Waals surface area contributed by atoms with E-state index in [4.69, 9.17) is 4.42 Å². The lowest BCUT2D eigenvalue weighted by Crippen LogP contribution is -2.04. The Morgan fingerprint density at radius 3 is 2.48 bits per heavy atom. The van der Waals surface area contributed by atoms with Gasteiger partial charge >= 0.3 is 6.61 Å². The zero-order valence-corrected chi connectivity index (χ0v) is 12.0. The van der Waals surface area contributed by atoms with Crippen molar-refractivity contribution in [2.75, 3.05) is 0 Å². The fourth-order valence-corrected chi connectivity index (χ4v) is 2.33. The highest BCUT2D eigenvalue weighted by Crippen LogP contribution is 2.28. The largest absolute Gasteiger partial charge is 0.452 e. The van der Waals surface area contributed by atoms with E-state index in [1.54, 1.807) is 6.92 Å². The minimum atomic E-state index is -2.93. The second kappa shape index (κ2) is 5.79. The molecular weight excluding hydrogens is 309 g/mol. The molecule has 6 heteroatoms. The Labute approximate surface area is 129 Å². The second-order valence-corrected chi connectivity index (χ2v) is 4.93. The summed E-state index contributed by atoms with van der Waals surface area (Å²) in [6.45, 7) is -1.27. The van der Waals surface area contributed by atoms with E-state index in [0.29, 0.717) is 16.5 Å². The molecule has 0 aliphatic carbocycles. The fraction of sp³-hybridized carbons (Fsp3) is 0.118. The molecule has 0 bridgehead atoms. The van der Waals surface area contributed by atoms with E-state index in [9.17, 15) is 18.0 Å². The van der Waals surface area contributed by atoms with Crippen molar-refractivity contribution >= 4 is 16.8 Å². The normalized spacial score (nSPS) is 11.2. The second-order valence-electron chi connectivity index (χ2n) is 4.93. The standard InChI is InChI=1S/C17H11F3O3/c1-9-13-8-11(18)4-7-14(13)23-16(9)15(21)10-2-5-12(6-3-10)22-17(19)20/h2-8,17H,1H3. The van der Waals surface area contributed by atoms with Gasteiger partial charge in [0, 0.05) is 16.5 Å². The highest BCUT2D eigenvalue weighted by Gasteiger charge is 2.19. The van der Waals surface area contributed by atoms with E-state index in [0.717, 1.165) is 0 Å². The lowest BCUT2D eigenvalue weighted by molar-refractivity contribution is -0.0498. The SMILES string of the molecule is Cc1c(C(=O)c2ccc(OC(F)F)cc2)oc2ccc(F)cc12. The quantitative estimate of drug-likeness (QED) is 0.653. The van der Waals surface area contributed by atoms with E-state index in [2.05, 4.69) is 4.74 Å². The minimum Gasteiger partial charge on any atom is -0.452 e. The van der Waals surface area contributed by atoms with Gasteiger partial charge < -0.3 is 9.15 Å². The van der Waals surface area contributed by atoms with Crippen LogP contribution in [0.25, 0.3) is 11.0 Å². The summed E-state index contributed by atoms with van der Waals surface area (Å²) in [5, 5.41) is 0.519. The number of aryl methyl sites for hydroxylation is 1. The van der Waals surface area contributed by atoms with Crippen LogP contribution in [0.15, 0.2) is 46.9 Å². The number of carbonyl (C=O) groups excluding carboxylic acids is 1. The third kappa shape index (κ3) is 2.92. The topological polar surface area (TPSA) is 39.4 Å². The number of rotatable bonds is 4. The lowest BCUT2D eigenvalue weighted by atomic mass is 10.0. The van der Waals surface area contributed by atoms with Crippen molar-refractivity contribution < 1.29 is 27.1 Å². The van der Waals surface area contributed by atoms with Gasteiger partial charge in [0.05, 0.1) is 0 Å². The maximum Gasteiger partial charge on any atom is 0.387 e. The number of fused-ring (bicyclic) bond motifs is 1. The number of carbonyl (C=O) groups is 1. The van der Waals surface area contributed by atoms with E-state index in [-0.39, 0.29) is 17.1 Å². The summed E-state index contributed by atoms with van der Waals surface area (Å²) in [7, 11) is 0. The number of ether oxygens (including phenoxy) is 1. The molecule has 0 saturated heterocycles. The molecule has 0 fully saturated rings. The van der Waals surface area contributed by atoms with Crippen molar-refractivity contribution in [3.63, 3.8) is 0 Å². The average molecular weight is 320 g/mol. The molecule has 0 aliphatic heterocycles. The Kier molecular flexibility index (Phi) is 3.82. The maximum absolute atomic E-state index is 13.3. The molecule has 118 valence electrons. The summed E-state index contributed by atoms with van der Waals surface area (Å²) in [6, 6.07) is 9.28. The Bertz CT molecular complexity index is 867. The molecule has 0 unspecified atom stereocenters. The Morgan fingerprint density at radius 2 is 1.83 bits per heavy atom. The Hall–Kier alpha value is -2.76. The summed E-state index contributed by atoms with van der Waals surface area (Å²) >= 11 is 0. The average Bonchev–Trinajstić information content (AvgIpc) is 2.84. The molecule has 0 N–H and O–H groups in total. The molecule has 1 aromatic heterocycles. The number of hydrogen-bond acceptors (Lipinski definition) is 3. The number of halogens is 3. The maximum atomic E-state index is 13.3. The first-order chi connectivity index (χ1) is 11.0. The van der Waals surface area contributed by atoms with Crippen LogP contribution in [-0.4, -0.2) is 12.4 Å². The van der Waals surface area contributed by atoms with E-state index in [1.807, 2.05) is 0 Å². The van der Waals surface area contributed by atoms with Gasteiger partial charge in [-0.25, -0.2) is 4.39 Å². The number of hydrogen-bond donors (Lipinski definition) is 0. The van der Waals surface area contributed by atoms with Crippen LogP contribution in [-0.2, 0) is 0 Å². The van der Waals surface area contributed by atoms with E-state index < -0.39 is 18.2 Å². The van der Waals surface area contributed by atoms with Crippen molar-refractivity contribution in [3.8, 4) is 5.75 Å². The van der Waals surface area contributed by atoms with Crippen molar-refractivity contribution in [3.05, 3.63) is 65.2 Å². The summed E-state index contributed by atoms with van der Waals surface area (Å²) in [6.07, 6.45) is 0. The van der Waals surface area contributed by atoms with Gasteiger partial charge in [0.15, 0.2) is 5.76 Å². The van der Waals surface area contributed by atoms with Crippen molar-refractivity contribution in [2.45, 2.75) is 13.5 Å². The first kappa shape index (κ1) is 15.1. The van der Waals surface area contributed by atoms with Crippen LogP contribution in [0.2, 0.25) is 0 Å². The fourth-order valence-electron chi connectivity index (χ4n) is 2.33. The highest BCUT2D eigenvalue weighted by molar-refractivity contribution is 6.10. The van der Waals surface area contributed by atoms with Crippen LogP contribution in [0.3, 0.4) is 0 Å². The van der Waals surface area contributed by atoms with Gasteiger partial charge in [-0.1, -0.05) is 0 Å². The van der Waals surface area contributed by atoms with Crippen molar-refractivity contribution in [1.82, 2.24) is 0 Å². The van der Waals surface area contributed by atoms with Crippen LogP contribution >= 0.6 is 0 Å². The molecule has 0 radical (unpaired) electrons. The molecule has 1 heterocycles. The van der Waals surface area contributed by atoms with Crippen molar-refractivity contribution in [1.29, 1.82) is 0 Å². The van der Waals surface area contributed by atoms with Crippen LogP contribution in [0.5, 0.6) is 5.75 Å². The minimum absolute atomic E-state index is 0.0417. The molecule has 3 aromatic rings. The monoisotopic (exact) mass is 320 g/mol. The predicted octanol–water partition coefficient (Wildman–Crippen LogP) is 4.71. The third-order valence-corrected chi connectivity index (χ3v) is 3.45. The van der Waals surface area contributed by atoms with Gasteiger partial charge in [0.1, 0.15) is 17.1 Å². The first-order valence-electron chi connectivity index (χ1n) is 6.74. The number of furan rings is 1. The molecule has 0 aliphatic rings.